The topological polar surface area (TPSA) is 135 Å². The summed E-state index contributed by atoms with van der Waals surface area (Å²) in [5.74, 6) is 1.30. The van der Waals surface area contributed by atoms with Crippen LogP contribution < -0.4 is 15.2 Å². The van der Waals surface area contributed by atoms with Crippen molar-refractivity contribution in [1.29, 1.82) is 0 Å². The molecule has 1 fully saturated rings. The third kappa shape index (κ3) is 5.56. The van der Waals surface area contributed by atoms with E-state index in [9.17, 15) is 14.9 Å². The number of piperazine rings is 1. The van der Waals surface area contributed by atoms with E-state index in [1.165, 1.54) is 17.7 Å². The number of hydrogen-bond acceptors (Lipinski definition) is 9. The van der Waals surface area contributed by atoms with Crippen molar-refractivity contribution >= 4 is 22.3 Å². The highest BCUT2D eigenvalue weighted by Gasteiger charge is 2.33. The van der Waals surface area contributed by atoms with Crippen molar-refractivity contribution in [2.45, 2.75) is 19.0 Å². The van der Waals surface area contributed by atoms with Crippen molar-refractivity contribution in [3.63, 3.8) is 0 Å². The maximum Gasteiger partial charge on any atom is 0.269 e. The molecule has 42 heavy (non-hydrogen) atoms. The Morgan fingerprint density at radius 2 is 1.76 bits per heavy atom. The number of nitrogens with one attached hydrogen (secondary N) is 1. The molecule has 12 heteroatoms. The lowest BCUT2D eigenvalue weighted by Gasteiger charge is -2.39. The number of anilines is 1. The fourth-order valence-corrected chi connectivity index (χ4v) is 5.50. The summed E-state index contributed by atoms with van der Waals surface area (Å²) in [6, 6.07) is 23.7. The molecular weight excluding hydrogens is 536 g/mol. The summed E-state index contributed by atoms with van der Waals surface area (Å²) in [6.45, 7) is 3.15. The zero-order valence-corrected chi connectivity index (χ0v) is 23.1. The van der Waals surface area contributed by atoms with E-state index in [4.69, 9.17) is 4.74 Å². The number of nitrogens with zero attached hydrogens (tertiary/aromatic N) is 7. The molecule has 0 bridgehead atoms. The molecule has 3 heterocycles. The van der Waals surface area contributed by atoms with Crippen LogP contribution in [-0.4, -0.2) is 68.3 Å². The zero-order valence-electron chi connectivity index (χ0n) is 23.1. The van der Waals surface area contributed by atoms with Crippen molar-refractivity contribution in [3.05, 3.63) is 116 Å². The van der Waals surface area contributed by atoms with Crippen molar-refractivity contribution in [3.8, 4) is 5.75 Å². The molecule has 2 aromatic heterocycles. The highest BCUT2D eigenvalue weighted by atomic mass is 16.6. The standard InChI is InChI=1S/C30H30N8O4/c1-42-25-11-12-27-22(19-25)20-26(30(39)31-27)28(29-32-33-34-37(29)14-13-21-5-3-2-4-6-21)36-17-15-35(16-18-36)23-7-9-24(10-8-23)38(40)41/h2-12,19-20,28H,13-18H2,1H3,(H,31,39). The number of hydrogen-bond donors (Lipinski definition) is 1. The summed E-state index contributed by atoms with van der Waals surface area (Å²) in [5, 5.41) is 24.7. The summed E-state index contributed by atoms with van der Waals surface area (Å²) in [7, 11) is 1.61. The van der Waals surface area contributed by atoms with Gasteiger partial charge in [0.15, 0.2) is 5.82 Å². The fraction of sp³-hybridized carbons (Fsp3) is 0.267. The van der Waals surface area contributed by atoms with Crippen LogP contribution in [0.1, 0.15) is 23.0 Å². The molecule has 5 aromatic rings. The second kappa shape index (κ2) is 11.8. The molecule has 0 aliphatic carbocycles. The lowest BCUT2D eigenvalue weighted by atomic mass is 10.0. The number of aromatic nitrogens is 5. The number of H-pyrrole nitrogens is 1. The second-order valence-electron chi connectivity index (χ2n) is 10.2. The molecule has 214 valence electrons. The van der Waals surface area contributed by atoms with Gasteiger partial charge in [0.05, 0.1) is 12.0 Å². The van der Waals surface area contributed by atoms with Crippen LogP contribution in [0.2, 0.25) is 0 Å². The molecule has 0 radical (unpaired) electrons. The number of fused-ring (bicyclic) bond motifs is 1. The summed E-state index contributed by atoms with van der Waals surface area (Å²) in [4.78, 5) is 31.7. The summed E-state index contributed by atoms with van der Waals surface area (Å²) in [6.07, 6.45) is 0.741. The Morgan fingerprint density at radius 3 is 2.48 bits per heavy atom. The van der Waals surface area contributed by atoms with Crippen LogP contribution >= 0.6 is 0 Å². The maximum atomic E-state index is 13.6. The Morgan fingerprint density at radius 1 is 1.00 bits per heavy atom. The maximum absolute atomic E-state index is 13.6. The Balaban J connectivity index is 1.33. The van der Waals surface area contributed by atoms with E-state index >= 15 is 0 Å². The Hall–Kier alpha value is -5.10. The molecule has 12 nitrogen and oxygen atoms in total. The number of non-ortho nitro benzene ring substituents is 1. The number of methoxy groups -OCH3 is 1. The molecule has 1 N–H and O–H groups in total. The van der Waals surface area contributed by atoms with Crippen LogP contribution in [0.3, 0.4) is 0 Å². The van der Waals surface area contributed by atoms with Crippen LogP contribution in [-0.2, 0) is 13.0 Å². The van der Waals surface area contributed by atoms with Crippen LogP contribution in [0.15, 0.2) is 83.7 Å². The van der Waals surface area contributed by atoms with Gasteiger partial charge < -0.3 is 14.6 Å². The molecule has 1 unspecified atom stereocenters. The van der Waals surface area contributed by atoms with Crippen molar-refractivity contribution in [1.82, 2.24) is 30.1 Å². The van der Waals surface area contributed by atoms with E-state index in [-0.39, 0.29) is 11.2 Å². The Bertz CT molecular complexity index is 1750. The molecule has 0 spiro atoms. The van der Waals surface area contributed by atoms with Crippen LogP contribution in [0.5, 0.6) is 5.75 Å². The molecule has 1 aliphatic rings. The highest BCUT2D eigenvalue weighted by Crippen LogP contribution is 2.30. The number of rotatable bonds is 9. The smallest absolute Gasteiger partial charge is 0.269 e. The number of pyridine rings is 1. The predicted octanol–water partition coefficient (Wildman–Crippen LogP) is 3.59. The quantitative estimate of drug-likeness (QED) is 0.210. The number of nitro groups is 1. The minimum atomic E-state index is -0.492. The first-order valence-electron chi connectivity index (χ1n) is 13.7. The average Bonchev–Trinajstić information content (AvgIpc) is 3.49. The zero-order chi connectivity index (χ0) is 29.1. The number of ether oxygens (including phenoxy) is 1. The number of benzene rings is 3. The van der Waals surface area contributed by atoms with E-state index < -0.39 is 11.0 Å². The minimum absolute atomic E-state index is 0.0620. The van der Waals surface area contributed by atoms with Crippen molar-refractivity contribution in [2.24, 2.45) is 0 Å². The fourth-order valence-electron chi connectivity index (χ4n) is 5.50. The molecule has 0 saturated carbocycles. The molecule has 1 atom stereocenters. The van der Waals surface area contributed by atoms with Gasteiger partial charge in [0, 0.05) is 67.0 Å². The number of nitro benzene ring substituents is 1. The first kappa shape index (κ1) is 27.1. The summed E-state index contributed by atoms with van der Waals surface area (Å²) < 4.78 is 7.21. The molecule has 1 saturated heterocycles. The van der Waals surface area contributed by atoms with Gasteiger partial charge in [0.2, 0.25) is 0 Å². The van der Waals surface area contributed by atoms with Gasteiger partial charge in [-0.25, -0.2) is 4.68 Å². The normalized spacial score (nSPS) is 14.6. The Kier molecular flexibility index (Phi) is 7.60. The SMILES string of the molecule is COc1ccc2[nH]c(=O)c(C(c3nnnn3CCc3ccccc3)N3CCN(c4ccc([N+](=O)[O-])cc4)CC3)cc2c1. The summed E-state index contributed by atoms with van der Waals surface area (Å²) >= 11 is 0. The van der Waals surface area contributed by atoms with Crippen molar-refractivity contribution < 1.29 is 9.66 Å². The van der Waals surface area contributed by atoms with Gasteiger partial charge in [-0.2, -0.15) is 0 Å². The molecular formula is C30H30N8O4. The third-order valence-corrected chi connectivity index (χ3v) is 7.74. The van der Waals surface area contributed by atoms with E-state index in [1.54, 1.807) is 23.9 Å². The highest BCUT2D eigenvalue weighted by molar-refractivity contribution is 5.80. The van der Waals surface area contributed by atoms with Gasteiger partial charge in [-0.05, 0) is 58.8 Å². The first-order chi connectivity index (χ1) is 20.5. The first-order valence-corrected chi connectivity index (χ1v) is 13.7. The van der Waals surface area contributed by atoms with Crippen LogP contribution in [0.25, 0.3) is 10.9 Å². The number of aryl methyl sites for hydroxylation is 2. The van der Waals surface area contributed by atoms with E-state index in [0.29, 0.717) is 49.9 Å². The van der Waals surface area contributed by atoms with E-state index in [2.05, 4.69) is 42.4 Å². The number of tetrazole rings is 1. The summed E-state index contributed by atoms with van der Waals surface area (Å²) in [5.41, 5.74) is 3.22. The van der Waals surface area contributed by atoms with Gasteiger partial charge in [-0.1, -0.05) is 30.3 Å². The third-order valence-electron chi connectivity index (χ3n) is 7.74. The molecule has 0 amide bonds. The molecule has 6 rings (SSSR count). The van der Waals surface area contributed by atoms with Gasteiger partial charge >= 0.3 is 0 Å². The number of aromatic amines is 1. The second-order valence-corrected chi connectivity index (χ2v) is 10.2. The minimum Gasteiger partial charge on any atom is -0.497 e. The van der Waals surface area contributed by atoms with Crippen molar-refractivity contribution in [2.75, 3.05) is 38.2 Å². The van der Waals surface area contributed by atoms with Gasteiger partial charge in [0.25, 0.3) is 11.2 Å². The van der Waals surface area contributed by atoms with Crippen LogP contribution in [0, 0.1) is 10.1 Å². The lowest BCUT2D eigenvalue weighted by molar-refractivity contribution is -0.384. The van der Waals surface area contributed by atoms with Crippen LogP contribution in [0.4, 0.5) is 11.4 Å². The van der Waals surface area contributed by atoms with Gasteiger partial charge in [0.1, 0.15) is 11.8 Å². The van der Waals surface area contributed by atoms with E-state index in [1.807, 2.05) is 42.5 Å². The Labute approximate surface area is 241 Å². The molecule has 3 aromatic carbocycles. The van der Waals surface area contributed by atoms with Gasteiger partial charge in [-0.3, -0.25) is 19.8 Å². The molecule has 1 aliphatic heterocycles. The van der Waals surface area contributed by atoms with E-state index in [0.717, 1.165) is 23.0 Å². The average molecular weight is 567 g/mol. The monoisotopic (exact) mass is 566 g/mol. The lowest BCUT2D eigenvalue weighted by Crippen LogP contribution is -2.49. The predicted molar refractivity (Wildman–Crippen MR) is 158 cm³/mol. The van der Waals surface area contributed by atoms with Gasteiger partial charge in [-0.15, -0.1) is 5.10 Å². The largest absolute Gasteiger partial charge is 0.497 e.